The number of benzene rings is 2. The van der Waals surface area contributed by atoms with Gasteiger partial charge in [-0.25, -0.2) is 0 Å². The average Bonchev–Trinajstić information content (AvgIpc) is 2.99. The Morgan fingerprint density at radius 2 is 1.96 bits per heavy atom. The van der Waals surface area contributed by atoms with E-state index in [0.29, 0.717) is 6.61 Å². The molecule has 1 atom stereocenters. The lowest BCUT2D eigenvalue weighted by Gasteiger charge is -2.15. The second-order valence-electron chi connectivity index (χ2n) is 5.55. The van der Waals surface area contributed by atoms with Gasteiger partial charge in [0.1, 0.15) is 11.8 Å². The molecule has 1 heterocycles. The smallest absolute Gasteiger partial charge is 0.247 e. The van der Waals surface area contributed by atoms with Gasteiger partial charge in [0, 0.05) is 27.3 Å². The molecule has 124 valence electrons. The Kier molecular flexibility index (Phi) is 4.90. The van der Waals surface area contributed by atoms with Crippen LogP contribution in [0.1, 0.15) is 19.9 Å². The molecule has 24 heavy (non-hydrogen) atoms. The van der Waals surface area contributed by atoms with Crippen molar-refractivity contribution in [3.05, 3.63) is 59.2 Å². The number of carbonyl (C=O) groups excluding carboxylic acids is 1. The largest absolute Gasteiger partial charge is 0.494 e. The number of halogens is 1. The van der Waals surface area contributed by atoms with Gasteiger partial charge in [-0.1, -0.05) is 15.9 Å². The lowest BCUT2D eigenvalue weighted by Crippen LogP contribution is -2.23. The molecule has 1 aromatic heterocycles. The van der Waals surface area contributed by atoms with Crippen molar-refractivity contribution < 1.29 is 9.53 Å². The molecular formula is C19H19BrN2O2. The predicted molar refractivity (Wildman–Crippen MR) is 101 cm³/mol. The maximum absolute atomic E-state index is 12.5. The van der Waals surface area contributed by atoms with E-state index >= 15 is 0 Å². The molecule has 1 unspecified atom stereocenters. The van der Waals surface area contributed by atoms with E-state index in [1.165, 1.54) is 0 Å². The molecular weight excluding hydrogens is 368 g/mol. The van der Waals surface area contributed by atoms with E-state index < -0.39 is 0 Å². The summed E-state index contributed by atoms with van der Waals surface area (Å²) in [5.74, 6) is 0.790. The zero-order valence-electron chi connectivity index (χ0n) is 13.6. The van der Waals surface area contributed by atoms with Crippen molar-refractivity contribution in [1.82, 2.24) is 4.57 Å². The second-order valence-corrected chi connectivity index (χ2v) is 6.46. The van der Waals surface area contributed by atoms with Crippen molar-refractivity contribution in [2.24, 2.45) is 0 Å². The normalized spacial score (nSPS) is 12.1. The fourth-order valence-electron chi connectivity index (χ4n) is 2.64. The molecule has 0 aliphatic rings. The zero-order chi connectivity index (χ0) is 17.1. The van der Waals surface area contributed by atoms with Crippen LogP contribution in [0.2, 0.25) is 0 Å². The SMILES string of the molecule is CCOc1ccc2c(ccn2C(C)C(=O)Nc2ccc(Br)cc2)c1. The highest BCUT2D eigenvalue weighted by atomic mass is 79.9. The highest BCUT2D eigenvalue weighted by Crippen LogP contribution is 2.25. The summed E-state index contributed by atoms with van der Waals surface area (Å²) in [6.07, 6.45) is 1.94. The third-order valence-electron chi connectivity index (χ3n) is 3.91. The summed E-state index contributed by atoms with van der Waals surface area (Å²) in [4.78, 5) is 12.5. The number of fused-ring (bicyclic) bond motifs is 1. The topological polar surface area (TPSA) is 43.3 Å². The molecule has 5 heteroatoms. The third-order valence-corrected chi connectivity index (χ3v) is 4.44. The Morgan fingerprint density at radius 1 is 1.21 bits per heavy atom. The highest BCUT2D eigenvalue weighted by molar-refractivity contribution is 9.10. The van der Waals surface area contributed by atoms with Crippen LogP contribution in [0.4, 0.5) is 5.69 Å². The number of carbonyl (C=O) groups is 1. The van der Waals surface area contributed by atoms with E-state index in [9.17, 15) is 4.79 Å². The second kappa shape index (κ2) is 7.09. The quantitative estimate of drug-likeness (QED) is 0.670. The zero-order valence-corrected chi connectivity index (χ0v) is 15.2. The Bertz CT molecular complexity index is 855. The molecule has 0 fully saturated rings. The fourth-order valence-corrected chi connectivity index (χ4v) is 2.91. The molecule has 3 rings (SSSR count). The van der Waals surface area contributed by atoms with E-state index in [4.69, 9.17) is 4.74 Å². The summed E-state index contributed by atoms with van der Waals surface area (Å²) < 4.78 is 8.48. The van der Waals surface area contributed by atoms with Crippen molar-refractivity contribution in [3.63, 3.8) is 0 Å². The number of amides is 1. The lowest BCUT2D eigenvalue weighted by molar-refractivity contribution is -0.118. The maximum Gasteiger partial charge on any atom is 0.247 e. The van der Waals surface area contributed by atoms with Gasteiger partial charge in [-0.05, 0) is 62.4 Å². The number of hydrogen-bond acceptors (Lipinski definition) is 2. The van der Waals surface area contributed by atoms with E-state index in [1.54, 1.807) is 0 Å². The van der Waals surface area contributed by atoms with Crippen molar-refractivity contribution in [2.45, 2.75) is 19.9 Å². The highest BCUT2D eigenvalue weighted by Gasteiger charge is 2.17. The van der Waals surface area contributed by atoms with Crippen LogP contribution in [0.3, 0.4) is 0 Å². The molecule has 1 amide bonds. The number of ether oxygens (including phenoxy) is 1. The molecule has 0 saturated heterocycles. The minimum atomic E-state index is -0.316. The number of nitrogens with zero attached hydrogens (tertiary/aromatic N) is 1. The van der Waals surface area contributed by atoms with Crippen LogP contribution in [-0.2, 0) is 4.79 Å². The molecule has 0 aliphatic heterocycles. The van der Waals surface area contributed by atoms with Gasteiger partial charge in [0.2, 0.25) is 5.91 Å². The Labute approximate surface area is 149 Å². The van der Waals surface area contributed by atoms with Crippen molar-refractivity contribution >= 4 is 38.4 Å². The van der Waals surface area contributed by atoms with Gasteiger partial charge in [-0.15, -0.1) is 0 Å². The summed E-state index contributed by atoms with van der Waals surface area (Å²) in [6.45, 7) is 4.49. The first-order valence-electron chi connectivity index (χ1n) is 7.88. The number of nitrogens with one attached hydrogen (secondary N) is 1. The lowest BCUT2D eigenvalue weighted by atomic mass is 10.2. The summed E-state index contributed by atoms with van der Waals surface area (Å²) >= 11 is 3.39. The molecule has 0 radical (unpaired) electrons. The number of aromatic nitrogens is 1. The fraction of sp³-hybridized carbons (Fsp3) is 0.211. The Hall–Kier alpha value is -2.27. The Balaban J connectivity index is 1.81. The number of anilines is 1. The van der Waals surface area contributed by atoms with Crippen molar-refractivity contribution in [1.29, 1.82) is 0 Å². The molecule has 1 N–H and O–H groups in total. The van der Waals surface area contributed by atoms with Gasteiger partial charge in [0.05, 0.1) is 6.61 Å². The molecule has 0 aliphatic carbocycles. The van der Waals surface area contributed by atoms with E-state index in [0.717, 1.165) is 26.8 Å². The van der Waals surface area contributed by atoms with Crippen molar-refractivity contribution in [3.8, 4) is 5.75 Å². The molecule has 4 nitrogen and oxygen atoms in total. The van der Waals surface area contributed by atoms with Gasteiger partial charge >= 0.3 is 0 Å². The van der Waals surface area contributed by atoms with E-state index in [-0.39, 0.29) is 11.9 Å². The summed E-state index contributed by atoms with van der Waals surface area (Å²) in [6, 6.07) is 15.2. The number of rotatable bonds is 5. The minimum Gasteiger partial charge on any atom is -0.494 e. The van der Waals surface area contributed by atoms with E-state index in [1.807, 2.05) is 73.1 Å². The maximum atomic E-state index is 12.5. The van der Waals surface area contributed by atoms with Crippen LogP contribution in [0.15, 0.2) is 59.2 Å². The predicted octanol–water partition coefficient (Wildman–Crippen LogP) is 5.00. The number of hydrogen-bond donors (Lipinski definition) is 1. The summed E-state index contributed by atoms with van der Waals surface area (Å²) in [7, 11) is 0. The van der Waals surface area contributed by atoms with Gasteiger partial charge in [0.25, 0.3) is 0 Å². The molecule has 3 aromatic rings. The monoisotopic (exact) mass is 386 g/mol. The minimum absolute atomic E-state index is 0.0521. The van der Waals surface area contributed by atoms with Crippen LogP contribution in [0, 0.1) is 0 Å². The first kappa shape index (κ1) is 16.6. The third kappa shape index (κ3) is 3.46. The summed E-state index contributed by atoms with van der Waals surface area (Å²) in [5.41, 5.74) is 1.79. The van der Waals surface area contributed by atoms with E-state index in [2.05, 4.69) is 21.2 Å². The standard InChI is InChI=1S/C19H19BrN2O2/c1-3-24-17-8-9-18-14(12-17)10-11-22(18)13(2)19(23)21-16-6-4-15(20)5-7-16/h4-13H,3H2,1-2H3,(H,21,23). The van der Waals surface area contributed by atoms with Gasteiger partial charge in [-0.3, -0.25) is 4.79 Å². The van der Waals surface area contributed by atoms with Crippen LogP contribution >= 0.6 is 15.9 Å². The van der Waals surface area contributed by atoms with Crippen LogP contribution in [-0.4, -0.2) is 17.1 Å². The van der Waals surface area contributed by atoms with Crippen LogP contribution in [0.5, 0.6) is 5.75 Å². The van der Waals surface area contributed by atoms with Crippen LogP contribution < -0.4 is 10.1 Å². The Morgan fingerprint density at radius 3 is 2.67 bits per heavy atom. The molecule has 0 spiro atoms. The van der Waals surface area contributed by atoms with Crippen LogP contribution in [0.25, 0.3) is 10.9 Å². The van der Waals surface area contributed by atoms with Gasteiger partial charge < -0.3 is 14.6 Å². The molecule has 0 bridgehead atoms. The first-order valence-corrected chi connectivity index (χ1v) is 8.67. The average molecular weight is 387 g/mol. The van der Waals surface area contributed by atoms with Gasteiger partial charge in [-0.2, -0.15) is 0 Å². The van der Waals surface area contributed by atoms with Crippen molar-refractivity contribution in [2.75, 3.05) is 11.9 Å². The first-order chi connectivity index (χ1) is 11.6. The van der Waals surface area contributed by atoms with Gasteiger partial charge in [0.15, 0.2) is 0 Å². The summed E-state index contributed by atoms with van der Waals surface area (Å²) in [5, 5.41) is 4.01. The molecule has 2 aromatic carbocycles. The molecule has 0 saturated carbocycles.